The van der Waals surface area contributed by atoms with Gasteiger partial charge in [0.05, 0.1) is 34.6 Å². The number of thioether (sulfide) groups is 1. The molecule has 0 bridgehead atoms. The number of benzene rings is 2. The molecule has 1 aliphatic heterocycles. The van der Waals surface area contributed by atoms with E-state index in [-0.39, 0.29) is 24.0 Å². The topological polar surface area (TPSA) is 86.3 Å². The van der Waals surface area contributed by atoms with E-state index in [9.17, 15) is 14.9 Å². The van der Waals surface area contributed by atoms with E-state index < -0.39 is 5.92 Å². The Morgan fingerprint density at radius 1 is 1.06 bits per heavy atom. The summed E-state index contributed by atoms with van der Waals surface area (Å²) in [5.41, 5.74) is 1.89. The molecule has 1 unspecified atom stereocenters. The molecule has 0 aliphatic carbocycles. The van der Waals surface area contributed by atoms with Crippen LogP contribution in [-0.2, 0) is 9.59 Å². The number of nitrogens with one attached hydrogen (secondary N) is 1. The molecule has 31 heavy (non-hydrogen) atoms. The van der Waals surface area contributed by atoms with E-state index in [4.69, 9.17) is 4.42 Å². The largest absolute Gasteiger partial charge is 0.469 e. The van der Waals surface area contributed by atoms with Gasteiger partial charge in [0.25, 0.3) is 0 Å². The Hall–Kier alpha value is -3.76. The fourth-order valence-corrected chi connectivity index (χ4v) is 4.38. The summed E-state index contributed by atoms with van der Waals surface area (Å²) in [7, 11) is 0. The van der Waals surface area contributed by atoms with Crippen molar-refractivity contribution in [1.82, 2.24) is 5.32 Å². The molecule has 6 nitrogen and oxygen atoms in total. The SMILES string of the molecule is N#CC1=C(SCC(=O)N(c2ccccc2)c2ccccc2)NC(=O)CC1c1ccco1. The van der Waals surface area contributed by atoms with Crippen LogP contribution in [0.25, 0.3) is 0 Å². The molecular formula is C24H19N3O3S. The van der Waals surface area contributed by atoms with Crippen LogP contribution in [-0.4, -0.2) is 17.6 Å². The summed E-state index contributed by atoms with van der Waals surface area (Å²) >= 11 is 1.15. The first-order chi connectivity index (χ1) is 15.2. The monoisotopic (exact) mass is 429 g/mol. The zero-order chi connectivity index (χ0) is 21.6. The number of furan rings is 1. The molecule has 2 amide bonds. The third-order valence-corrected chi connectivity index (χ3v) is 5.86. The Morgan fingerprint density at radius 2 is 1.71 bits per heavy atom. The van der Waals surface area contributed by atoms with Crippen molar-refractivity contribution in [3.63, 3.8) is 0 Å². The Balaban J connectivity index is 1.59. The van der Waals surface area contributed by atoms with Gasteiger partial charge in [0.2, 0.25) is 11.8 Å². The van der Waals surface area contributed by atoms with Gasteiger partial charge in [0.15, 0.2) is 0 Å². The predicted molar refractivity (Wildman–Crippen MR) is 119 cm³/mol. The van der Waals surface area contributed by atoms with Gasteiger partial charge in [0, 0.05) is 17.8 Å². The third-order valence-electron chi connectivity index (χ3n) is 4.86. The van der Waals surface area contributed by atoms with Crippen LogP contribution in [0, 0.1) is 11.3 Å². The van der Waals surface area contributed by atoms with Gasteiger partial charge in [-0.25, -0.2) is 0 Å². The highest BCUT2D eigenvalue weighted by Gasteiger charge is 2.32. The molecule has 0 saturated carbocycles. The van der Waals surface area contributed by atoms with E-state index in [0.29, 0.717) is 16.4 Å². The van der Waals surface area contributed by atoms with E-state index in [1.807, 2.05) is 60.7 Å². The molecule has 1 N–H and O–H groups in total. The molecule has 3 aromatic rings. The van der Waals surface area contributed by atoms with E-state index in [1.54, 1.807) is 17.0 Å². The lowest BCUT2D eigenvalue weighted by Crippen LogP contribution is -2.32. The van der Waals surface area contributed by atoms with Crippen LogP contribution in [0.5, 0.6) is 0 Å². The number of hydrogen-bond acceptors (Lipinski definition) is 5. The minimum absolute atomic E-state index is 0.0510. The number of carbonyl (C=O) groups excluding carboxylic acids is 2. The second-order valence-corrected chi connectivity index (χ2v) is 7.85. The van der Waals surface area contributed by atoms with Crippen LogP contribution in [0.15, 0.2) is 94.1 Å². The van der Waals surface area contributed by atoms with Crippen LogP contribution in [0.2, 0.25) is 0 Å². The summed E-state index contributed by atoms with van der Waals surface area (Å²) in [6.07, 6.45) is 1.65. The first-order valence-electron chi connectivity index (χ1n) is 9.70. The smallest absolute Gasteiger partial charge is 0.241 e. The lowest BCUT2D eigenvalue weighted by Gasteiger charge is -2.25. The van der Waals surface area contributed by atoms with Crippen molar-refractivity contribution >= 4 is 35.0 Å². The number of para-hydroxylation sites is 2. The Morgan fingerprint density at radius 3 is 2.26 bits per heavy atom. The first kappa shape index (κ1) is 20.5. The number of allylic oxidation sites excluding steroid dienone is 1. The molecular weight excluding hydrogens is 410 g/mol. The van der Waals surface area contributed by atoms with Crippen LogP contribution >= 0.6 is 11.8 Å². The number of nitriles is 1. The highest BCUT2D eigenvalue weighted by atomic mass is 32.2. The van der Waals surface area contributed by atoms with E-state index in [0.717, 1.165) is 23.1 Å². The zero-order valence-corrected chi connectivity index (χ0v) is 17.3. The molecule has 0 radical (unpaired) electrons. The lowest BCUT2D eigenvalue weighted by atomic mass is 9.92. The average molecular weight is 430 g/mol. The van der Waals surface area contributed by atoms with Crippen molar-refractivity contribution in [1.29, 1.82) is 5.26 Å². The Kier molecular flexibility index (Phi) is 6.20. The van der Waals surface area contributed by atoms with Gasteiger partial charge < -0.3 is 9.73 Å². The maximum absolute atomic E-state index is 13.2. The molecule has 2 aromatic carbocycles. The Labute approximate surface area is 184 Å². The predicted octanol–water partition coefficient (Wildman–Crippen LogP) is 4.72. The van der Waals surface area contributed by atoms with Gasteiger partial charge in [-0.15, -0.1) is 0 Å². The number of hydrogen-bond donors (Lipinski definition) is 1. The normalized spacial score (nSPS) is 15.8. The fourth-order valence-electron chi connectivity index (χ4n) is 3.46. The van der Waals surface area contributed by atoms with Crippen molar-refractivity contribution in [3.05, 3.63) is 95.4 Å². The summed E-state index contributed by atoms with van der Waals surface area (Å²) in [4.78, 5) is 27.1. The van der Waals surface area contributed by atoms with Crippen molar-refractivity contribution in [2.75, 3.05) is 10.7 Å². The fraction of sp³-hybridized carbons (Fsp3) is 0.125. The minimum Gasteiger partial charge on any atom is -0.469 e. The molecule has 1 aliphatic rings. The standard InChI is InChI=1S/C24H19N3O3S/c25-15-20-19(21-12-7-13-30-21)14-22(28)26-24(20)31-16-23(29)27(17-8-3-1-4-9-17)18-10-5-2-6-11-18/h1-13,19H,14,16H2,(H,26,28). The summed E-state index contributed by atoms with van der Waals surface area (Å²) in [6, 6.07) is 24.4. The van der Waals surface area contributed by atoms with E-state index in [2.05, 4.69) is 11.4 Å². The summed E-state index contributed by atoms with van der Waals surface area (Å²) in [6.45, 7) is 0. The minimum atomic E-state index is -0.453. The van der Waals surface area contributed by atoms with Gasteiger partial charge in [-0.05, 0) is 36.4 Å². The van der Waals surface area contributed by atoms with Crippen molar-refractivity contribution in [2.24, 2.45) is 0 Å². The van der Waals surface area contributed by atoms with Gasteiger partial charge in [-0.1, -0.05) is 48.2 Å². The molecule has 154 valence electrons. The van der Waals surface area contributed by atoms with Crippen molar-refractivity contribution < 1.29 is 14.0 Å². The molecule has 0 spiro atoms. The maximum Gasteiger partial charge on any atom is 0.241 e. The summed E-state index contributed by atoms with van der Waals surface area (Å²) in [5.74, 6) is -0.216. The molecule has 2 heterocycles. The van der Waals surface area contributed by atoms with Gasteiger partial charge >= 0.3 is 0 Å². The molecule has 7 heteroatoms. The second kappa shape index (κ2) is 9.37. The summed E-state index contributed by atoms with van der Waals surface area (Å²) in [5, 5.41) is 12.9. The first-order valence-corrected chi connectivity index (χ1v) is 10.7. The van der Waals surface area contributed by atoms with Crippen LogP contribution in [0.1, 0.15) is 18.1 Å². The average Bonchev–Trinajstić information content (AvgIpc) is 3.34. The molecule has 1 aromatic heterocycles. The van der Waals surface area contributed by atoms with Crippen molar-refractivity contribution in [3.8, 4) is 6.07 Å². The van der Waals surface area contributed by atoms with Gasteiger partial charge in [-0.3, -0.25) is 14.5 Å². The zero-order valence-electron chi connectivity index (χ0n) is 16.5. The second-order valence-electron chi connectivity index (χ2n) is 6.86. The van der Waals surface area contributed by atoms with E-state index >= 15 is 0 Å². The van der Waals surface area contributed by atoms with E-state index in [1.165, 1.54) is 6.26 Å². The van der Waals surface area contributed by atoms with Gasteiger partial charge in [-0.2, -0.15) is 5.26 Å². The highest BCUT2D eigenvalue weighted by molar-refractivity contribution is 8.03. The third kappa shape index (κ3) is 4.55. The van der Waals surface area contributed by atoms with Crippen molar-refractivity contribution in [2.45, 2.75) is 12.3 Å². The summed E-state index contributed by atoms with van der Waals surface area (Å²) < 4.78 is 5.43. The van der Waals surface area contributed by atoms with Crippen LogP contribution < -0.4 is 10.2 Å². The number of anilines is 2. The van der Waals surface area contributed by atoms with Crippen LogP contribution in [0.4, 0.5) is 11.4 Å². The Bertz CT molecular complexity index is 1100. The van der Waals surface area contributed by atoms with Gasteiger partial charge in [0.1, 0.15) is 5.76 Å². The molecule has 0 saturated heterocycles. The number of carbonyl (C=O) groups is 2. The number of amides is 2. The molecule has 4 rings (SSSR count). The number of nitrogens with zero attached hydrogens (tertiary/aromatic N) is 2. The lowest BCUT2D eigenvalue weighted by molar-refractivity contribution is -0.121. The molecule has 0 fully saturated rings. The molecule has 1 atom stereocenters. The maximum atomic E-state index is 13.2. The quantitative estimate of drug-likeness (QED) is 0.613. The number of rotatable bonds is 6. The highest BCUT2D eigenvalue weighted by Crippen LogP contribution is 2.36. The van der Waals surface area contributed by atoms with Crippen LogP contribution in [0.3, 0.4) is 0 Å².